The standard InChI is InChI=1S/C13H16N2O2/c1-9-4-2-6-11-12(9)13(15-17-11)16-10-5-3-7-14-8-10/h2,4,6,10,14H,3,5,7-8H2,1H3. The van der Waals surface area contributed by atoms with Gasteiger partial charge in [0.25, 0.3) is 5.88 Å². The fourth-order valence-corrected chi connectivity index (χ4v) is 2.29. The first-order valence-electron chi connectivity index (χ1n) is 6.07. The Kier molecular flexibility index (Phi) is 2.73. The second-order valence-corrected chi connectivity index (χ2v) is 4.52. The maximum Gasteiger partial charge on any atom is 0.262 e. The first-order valence-corrected chi connectivity index (χ1v) is 6.07. The minimum absolute atomic E-state index is 0.205. The molecule has 0 bridgehead atoms. The summed E-state index contributed by atoms with van der Waals surface area (Å²) < 4.78 is 11.2. The van der Waals surface area contributed by atoms with Crippen molar-refractivity contribution in [2.75, 3.05) is 13.1 Å². The molecular weight excluding hydrogens is 216 g/mol. The van der Waals surface area contributed by atoms with E-state index in [1.54, 1.807) is 0 Å². The average Bonchev–Trinajstić information content (AvgIpc) is 2.75. The van der Waals surface area contributed by atoms with Crippen molar-refractivity contribution in [2.45, 2.75) is 25.9 Å². The highest BCUT2D eigenvalue weighted by atomic mass is 16.5. The van der Waals surface area contributed by atoms with Crippen LogP contribution in [0, 0.1) is 6.92 Å². The molecule has 90 valence electrons. The fourth-order valence-electron chi connectivity index (χ4n) is 2.29. The average molecular weight is 232 g/mol. The molecule has 0 radical (unpaired) electrons. The lowest BCUT2D eigenvalue weighted by molar-refractivity contribution is 0.155. The lowest BCUT2D eigenvalue weighted by atomic mass is 10.1. The van der Waals surface area contributed by atoms with Crippen LogP contribution in [0.15, 0.2) is 22.7 Å². The van der Waals surface area contributed by atoms with Gasteiger partial charge in [-0.2, -0.15) is 0 Å². The highest BCUT2D eigenvalue weighted by molar-refractivity contribution is 5.85. The van der Waals surface area contributed by atoms with E-state index in [4.69, 9.17) is 9.26 Å². The van der Waals surface area contributed by atoms with E-state index >= 15 is 0 Å². The normalized spacial score (nSPS) is 20.6. The van der Waals surface area contributed by atoms with Crippen molar-refractivity contribution in [3.63, 3.8) is 0 Å². The smallest absolute Gasteiger partial charge is 0.262 e. The molecule has 1 aromatic heterocycles. The van der Waals surface area contributed by atoms with Crippen LogP contribution in [0.4, 0.5) is 0 Å². The van der Waals surface area contributed by atoms with Crippen LogP contribution in [0.5, 0.6) is 5.88 Å². The number of rotatable bonds is 2. The quantitative estimate of drug-likeness (QED) is 0.862. The SMILES string of the molecule is Cc1cccc2onc(OC3CCCNC3)c12. The number of piperidine rings is 1. The fraction of sp³-hybridized carbons (Fsp3) is 0.462. The third kappa shape index (κ3) is 2.00. The molecule has 2 heterocycles. The van der Waals surface area contributed by atoms with E-state index in [1.165, 1.54) is 0 Å². The summed E-state index contributed by atoms with van der Waals surface area (Å²) in [5.41, 5.74) is 1.94. The molecule has 4 heteroatoms. The number of nitrogens with one attached hydrogen (secondary N) is 1. The van der Waals surface area contributed by atoms with Gasteiger partial charge in [0, 0.05) is 6.54 Å². The third-order valence-corrected chi connectivity index (χ3v) is 3.21. The summed E-state index contributed by atoms with van der Waals surface area (Å²) >= 11 is 0. The summed E-state index contributed by atoms with van der Waals surface area (Å²) in [5.74, 6) is 0.631. The Morgan fingerprint density at radius 2 is 2.41 bits per heavy atom. The van der Waals surface area contributed by atoms with Crippen LogP contribution in [-0.2, 0) is 0 Å². The van der Waals surface area contributed by atoms with E-state index in [0.717, 1.165) is 42.5 Å². The van der Waals surface area contributed by atoms with Crippen molar-refractivity contribution < 1.29 is 9.26 Å². The molecule has 17 heavy (non-hydrogen) atoms. The molecule has 4 nitrogen and oxygen atoms in total. The number of benzene rings is 1. The molecule has 1 N–H and O–H groups in total. The molecule has 1 saturated heterocycles. The van der Waals surface area contributed by atoms with Crippen molar-refractivity contribution in [1.29, 1.82) is 0 Å². The van der Waals surface area contributed by atoms with Crippen molar-refractivity contribution in [1.82, 2.24) is 10.5 Å². The van der Waals surface area contributed by atoms with Crippen molar-refractivity contribution in [3.05, 3.63) is 23.8 Å². The van der Waals surface area contributed by atoms with Crippen molar-refractivity contribution in [3.8, 4) is 5.88 Å². The van der Waals surface area contributed by atoms with Crippen LogP contribution >= 0.6 is 0 Å². The second-order valence-electron chi connectivity index (χ2n) is 4.52. The molecule has 0 saturated carbocycles. The molecule has 1 unspecified atom stereocenters. The van der Waals surface area contributed by atoms with E-state index in [9.17, 15) is 0 Å². The van der Waals surface area contributed by atoms with E-state index < -0.39 is 0 Å². The number of hydrogen-bond acceptors (Lipinski definition) is 4. The zero-order valence-corrected chi connectivity index (χ0v) is 9.90. The lowest BCUT2D eigenvalue weighted by Gasteiger charge is -2.22. The monoisotopic (exact) mass is 232 g/mol. The van der Waals surface area contributed by atoms with Crippen LogP contribution < -0.4 is 10.1 Å². The Hall–Kier alpha value is -1.55. The Morgan fingerprint density at radius 3 is 3.24 bits per heavy atom. The number of fused-ring (bicyclic) bond motifs is 1. The number of aromatic nitrogens is 1. The van der Waals surface area contributed by atoms with Gasteiger partial charge < -0.3 is 14.6 Å². The van der Waals surface area contributed by atoms with Gasteiger partial charge in [-0.25, -0.2) is 0 Å². The summed E-state index contributed by atoms with van der Waals surface area (Å²) in [6.45, 7) is 4.02. The summed E-state index contributed by atoms with van der Waals surface area (Å²) in [7, 11) is 0. The number of hydrogen-bond donors (Lipinski definition) is 1. The van der Waals surface area contributed by atoms with Crippen LogP contribution in [-0.4, -0.2) is 24.4 Å². The van der Waals surface area contributed by atoms with Gasteiger partial charge in [0.05, 0.1) is 5.39 Å². The van der Waals surface area contributed by atoms with Gasteiger partial charge in [0.1, 0.15) is 6.10 Å². The summed E-state index contributed by atoms with van der Waals surface area (Å²) in [6.07, 6.45) is 2.43. The molecule has 1 aromatic carbocycles. The van der Waals surface area contributed by atoms with E-state index in [-0.39, 0.29) is 6.10 Å². The molecule has 1 aliphatic heterocycles. The highest BCUT2D eigenvalue weighted by Crippen LogP contribution is 2.29. The minimum atomic E-state index is 0.205. The molecule has 1 aliphatic rings. The molecular formula is C13H16N2O2. The van der Waals surface area contributed by atoms with Gasteiger partial charge in [-0.3, -0.25) is 0 Å². The molecule has 1 fully saturated rings. The maximum atomic E-state index is 5.92. The zero-order valence-electron chi connectivity index (χ0n) is 9.90. The predicted molar refractivity (Wildman–Crippen MR) is 65.3 cm³/mol. The number of aryl methyl sites for hydroxylation is 1. The molecule has 3 rings (SSSR count). The predicted octanol–water partition coefficient (Wildman–Crippen LogP) is 2.27. The van der Waals surface area contributed by atoms with Crippen LogP contribution in [0.2, 0.25) is 0 Å². The number of ether oxygens (including phenoxy) is 1. The van der Waals surface area contributed by atoms with Crippen LogP contribution in [0.3, 0.4) is 0 Å². The second kappa shape index (κ2) is 4.37. The van der Waals surface area contributed by atoms with E-state index in [0.29, 0.717) is 5.88 Å². The first-order chi connectivity index (χ1) is 8.34. The molecule has 0 amide bonds. The Morgan fingerprint density at radius 1 is 1.47 bits per heavy atom. The third-order valence-electron chi connectivity index (χ3n) is 3.21. The van der Waals surface area contributed by atoms with Gasteiger partial charge >= 0.3 is 0 Å². The van der Waals surface area contributed by atoms with Gasteiger partial charge in [0.15, 0.2) is 5.58 Å². The summed E-state index contributed by atoms with van der Waals surface area (Å²) in [4.78, 5) is 0. The summed E-state index contributed by atoms with van der Waals surface area (Å²) in [6, 6.07) is 5.93. The van der Waals surface area contributed by atoms with Crippen LogP contribution in [0.1, 0.15) is 18.4 Å². The van der Waals surface area contributed by atoms with Gasteiger partial charge in [-0.15, -0.1) is 0 Å². The molecule has 2 aromatic rings. The maximum absolute atomic E-state index is 5.92. The van der Waals surface area contributed by atoms with E-state index in [1.807, 2.05) is 25.1 Å². The number of nitrogens with zero attached hydrogens (tertiary/aromatic N) is 1. The largest absolute Gasteiger partial charge is 0.470 e. The molecule has 0 spiro atoms. The molecule has 1 atom stereocenters. The van der Waals surface area contributed by atoms with E-state index in [2.05, 4.69) is 10.5 Å². The molecule has 0 aliphatic carbocycles. The highest BCUT2D eigenvalue weighted by Gasteiger charge is 2.19. The summed E-state index contributed by atoms with van der Waals surface area (Å²) in [5, 5.41) is 8.35. The minimum Gasteiger partial charge on any atom is -0.470 e. The van der Waals surface area contributed by atoms with Gasteiger partial charge in [0.2, 0.25) is 0 Å². The van der Waals surface area contributed by atoms with Crippen LogP contribution in [0.25, 0.3) is 11.0 Å². The lowest BCUT2D eigenvalue weighted by Crippen LogP contribution is -2.37. The van der Waals surface area contributed by atoms with Gasteiger partial charge in [-0.05, 0) is 43.1 Å². The topological polar surface area (TPSA) is 47.3 Å². The Balaban J connectivity index is 1.89. The Bertz CT molecular complexity index is 515. The van der Waals surface area contributed by atoms with Gasteiger partial charge in [-0.1, -0.05) is 12.1 Å². The first kappa shape index (κ1) is 10.6. The van der Waals surface area contributed by atoms with Crippen molar-refractivity contribution >= 4 is 11.0 Å². The zero-order chi connectivity index (χ0) is 11.7. The van der Waals surface area contributed by atoms with Crippen molar-refractivity contribution in [2.24, 2.45) is 0 Å². The Labute approximate surface area is 99.9 Å².